The van der Waals surface area contributed by atoms with Gasteiger partial charge >= 0.3 is 5.69 Å². The largest absolute Gasteiger partial charge is 0.385 e. The van der Waals surface area contributed by atoms with Crippen LogP contribution in [-0.4, -0.2) is 28.8 Å². The Morgan fingerprint density at radius 3 is 2.81 bits per heavy atom. The van der Waals surface area contributed by atoms with E-state index in [4.69, 9.17) is 4.74 Å². The summed E-state index contributed by atoms with van der Waals surface area (Å²) in [7, 11) is 1.54. The number of aromatic nitrogens is 2. The number of hydrogen-bond acceptors (Lipinski definition) is 5. The number of hydrogen-bond donors (Lipinski definition) is 1. The summed E-state index contributed by atoms with van der Waals surface area (Å²) in [5.74, 6) is -0.964. The molecular formula is C18H18FN3O4S. The number of carbonyl (C=O) groups excluding carboxylic acids is 1. The van der Waals surface area contributed by atoms with E-state index in [0.29, 0.717) is 28.9 Å². The quantitative estimate of drug-likeness (QED) is 0.625. The van der Waals surface area contributed by atoms with Gasteiger partial charge in [-0.3, -0.25) is 18.7 Å². The van der Waals surface area contributed by atoms with Crippen LogP contribution in [0.3, 0.4) is 0 Å². The highest BCUT2D eigenvalue weighted by molar-refractivity contribution is 7.17. The first kappa shape index (κ1) is 19.0. The Morgan fingerprint density at radius 1 is 1.26 bits per heavy atom. The topological polar surface area (TPSA) is 82.3 Å². The van der Waals surface area contributed by atoms with Crippen molar-refractivity contribution in [2.24, 2.45) is 0 Å². The smallest absolute Gasteiger partial charge is 0.332 e. The molecule has 0 fully saturated rings. The van der Waals surface area contributed by atoms with Crippen molar-refractivity contribution in [2.45, 2.75) is 19.5 Å². The molecule has 2 heterocycles. The summed E-state index contributed by atoms with van der Waals surface area (Å²) in [6, 6.07) is 7.12. The molecule has 142 valence electrons. The van der Waals surface area contributed by atoms with E-state index in [9.17, 15) is 18.8 Å². The van der Waals surface area contributed by atoms with Crippen LogP contribution in [0.5, 0.6) is 0 Å². The van der Waals surface area contributed by atoms with Crippen LogP contribution >= 0.6 is 11.3 Å². The molecular weight excluding hydrogens is 373 g/mol. The highest BCUT2D eigenvalue weighted by Crippen LogP contribution is 2.16. The van der Waals surface area contributed by atoms with Gasteiger partial charge in [-0.1, -0.05) is 6.07 Å². The Hall–Kier alpha value is -2.78. The van der Waals surface area contributed by atoms with Gasteiger partial charge in [-0.2, -0.15) is 0 Å². The van der Waals surface area contributed by atoms with E-state index in [1.54, 1.807) is 24.6 Å². The van der Waals surface area contributed by atoms with Crippen molar-refractivity contribution in [1.29, 1.82) is 0 Å². The van der Waals surface area contributed by atoms with Crippen LogP contribution in [0.1, 0.15) is 6.42 Å². The third-order valence-corrected chi connectivity index (χ3v) is 4.87. The number of carbonyl (C=O) groups is 1. The molecule has 0 radical (unpaired) electrons. The van der Waals surface area contributed by atoms with Gasteiger partial charge in [0.15, 0.2) is 0 Å². The van der Waals surface area contributed by atoms with E-state index in [2.05, 4.69) is 5.32 Å². The van der Waals surface area contributed by atoms with Gasteiger partial charge in [0.1, 0.15) is 17.1 Å². The Morgan fingerprint density at radius 2 is 2.07 bits per heavy atom. The minimum Gasteiger partial charge on any atom is -0.385 e. The zero-order valence-corrected chi connectivity index (χ0v) is 15.4. The Balaban J connectivity index is 1.93. The molecule has 0 saturated heterocycles. The third kappa shape index (κ3) is 4.15. The van der Waals surface area contributed by atoms with Crippen LogP contribution in [0.15, 0.2) is 45.3 Å². The number of fused-ring (bicyclic) bond motifs is 1. The van der Waals surface area contributed by atoms with Crippen molar-refractivity contribution in [3.63, 3.8) is 0 Å². The minimum atomic E-state index is -0.559. The molecule has 0 aliphatic carbocycles. The van der Waals surface area contributed by atoms with Crippen molar-refractivity contribution in [2.75, 3.05) is 19.0 Å². The summed E-state index contributed by atoms with van der Waals surface area (Å²) >= 11 is 1.22. The second kappa shape index (κ2) is 8.28. The summed E-state index contributed by atoms with van der Waals surface area (Å²) < 4.78 is 21.0. The number of thiophene rings is 1. The predicted octanol–water partition coefficient (Wildman–Crippen LogP) is 2.04. The lowest BCUT2D eigenvalue weighted by atomic mass is 10.3. The summed E-state index contributed by atoms with van der Waals surface area (Å²) in [6.45, 7) is 0.326. The normalized spacial score (nSPS) is 11.0. The molecule has 27 heavy (non-hydrogen) atoms. The molecule has 0 saturated carbocycles. The van der Waals surface area contributed by atoms with Crippen molar-refractivity contribution in [1.82, 2.24) is 9.13 Å². The molecule has 1 aromatic carbocycles. The first-order valence-electron chi connectivity index (χ1n) is 8.26. The van der Waals surface area contributed by atoms with Crippen LogP contribution < -0.4 is 16.6 Å². The molecule has 0 unspecified atom stereocenters. The molecule has 0 bridgehead atoms. The maximum atomic E-state index is 13.3. The van der Waals surface area contributed by atoms with Gasteiger partial charge in [0, 0.05) is 25.9 Å². The average Bonchev–Trinajstić information content (AvgIpc) is 3.11. The molecule has 3 aromatic rings. The summed E-state index contributed by atoms with van der Waals surface area (Å²) in [5.41, 5.74) is -0.227. The number of nitrogens with one attached hydrogen (secondary N) is 1. The van der Waals surface area contributed by atoms with Gasteiger partial charge in [0.05, 0.1) is 5.52 Å². The van der Waals surface area contributed by atoms with Gasteiger partial charge in [0.25, 0.3) is 5.56 Å². The van der Waals surface area contributed by atoms with E-state index >= 15 is 0 Å². The van der Waals surface area contributed by atoms with Gasteiger partial charge < -0.3 is 10.1 Å². The number of halogens is 1. The van der Waals surface area contributed by atoms with Gasteiger partial charge in [-0.05, 0) is 36.1 Å². The number of methoxy groups -OCH3 is 1. The van der Waals surface area contributed by atoms with E-state index in [0.717, 1.165) is 4.57 Å². The zero-order valence-electron chi connectivity index (χ0n) is 14.6. The molecule has 1 N–H and O–H groups in total. The SMILES string of the molecule is COCCCn1c(=O)c2sccc2n(CC(=O)Nc2cccc(F)c2)c1=O. The highest BCUT2D eigenvalue weighted by atomic mass is 32.1. The number of ether oxygens (including phenoxy) is 1. The van der Waals surface area contributed by atoms with Crippen LogP contribution in [0.25, 0.3) is 10.2 Å². The molecule has 7 nitrogen and oxygen atoms in total. The van der Waals surface area contributed by atoms with Crippen LogP contribution in [0.2, 0.25) is 0 Å². The Bertz CT molecular complexity index is 1090. The standard InChI is InChI=1S/C18H18FN3O4S/c1-26-8-3-7-21-17(24)16-14(6-9-27-16)22(18(21)25)11-15(23)20-13-5-2-4-12(19)10-13/h2,4-6,9-10H,3,7-8,11H2,1H3,(H,20,23). The maximum Gasteiger partial charge on any atom is 0.332 e. The molecule has 0 aliphatic heterocycles. The van der Waals surface area contributed by atoms with Gasteiger partial charge in [0.2, 0.25) is 5.91 Å². The lowest BCUT2D eigenvalue weighted by Crippen LogP contribution is -2.41. The van der Waals surface area contributed by atoms with E-state index < -0.39 is 17.4 Å². The Kier molecular flexibility index (Phi) is 5.82. The maximum absolute atomic E-state index is 13.3. The molecule has 1 amide bonds. The number of amides is 1. The average molecular weight is 391 g/mol. The van der Waals surface area contributed by atoms with Crippen molar-refractivity contribution in [3.8, 4) is 0 Å². The van der Waals surface area contributed by atoms with E-state index in [1.165, 1.54) is 34.1 Å². The van der Waals surface area contributed by atoms with E-state index in [-0.39, 0.29) is 18.6 Å². The number of benzene rings is 1. The Labute approximate surface area is 157 Å². The fourth-order valence-electron chi connectivity index (χ4n) is 2.76. The number of nitrogens with zero attached hydrogens (tertiary/aromatic N) is 2. The molecule has 3 rings (SSSR count). The highest BCUT2D eigenvalue weighted by Gasteiger charge is 2.16. The predicted molar refractivity (Wildman–Crippen MR) is 102 cm³/mol. The summed E-state index contributed by atoms with van der Waals surface area (Å²) in [4.78, 5) is 37.7. The number of rotatable bonds is 7. The zero-order chi connectivity index (χ0) is 19.4. The summed E-state index contributed by atoms with van der Waals surface area (Å²) in [5, 5.41) is 4.26. The van der Waals surface area contributed by atoms with Gasteiger partial charge in [-0.25, -0.2) is 9.18 Å². The molecule has 2 aromatic heterocycles. The summed E-state index contributed by atoms with van der Waals surface area (Å²) in [6.07, 6.45) is 0.498. The lowest BCUT2D eigenvalue weighted by molar-refractivity contribution is -0.116. The third-order valence-electron chi connectivity index (χ3n) is 3.98. The monoisotopic (exact) mass is 391 g/mol. The van der Waals surface area contributed by atoms with Gasteiger partial charge in [-0.15, -0.1) is 11.3 Å². The second-order valence-electron chi connectivity index (χ2n) is 5.87. The van der Waals surface area contributed by atoms with Crippen LogP contribution in [0.4, 0.5) is 10.1 Å². The number of anilines is 1. The second-order valence-corrected chi connectivity index (χ2v) is 6.78. The molecule has 0 atom stereocenters. The molecule has 0 aliphatic rings. The van der Waals surface area contributed by atoms with Crippen molar-refractivity contribution >= 4 is 33.1 Å². The first-order chi connectivity index (χ1) is 13.0. The van der Waals surface area contributed by atoms with E-state index in [1.807, 2.05) is 0 Å². The first-order valence-corrected chi connectivity index (χ1v) is 9.14. The fraction of sp³-hybridized carbons (Fsp3) is 0.278. The minimum absolute atomic E-state index is 0.199. The van der Waals surface area contributed by atoms with Crippen LogP contribution in [-0.2, 0) is 22.6 Å². The lowest BCUT2D eigenvalue weighted by Gasteiger charge is -2.12. The molecule has 0 spiro atoms. The fourth-order valence-corrected chi connectivity index (χ4v) is 3.60. The van der Waals surface area contributed by atoms with Crippen LogP contribution in [0, 0.1) is 5.82 Å². The van der Waals surface area contributed by atoms with Crippen molar-refractivity contribution < 1.29 is 13.9 Å². The van der Waals surface area contributed by atoms with Crippen molar-refractivity contribution in [3.05, 3.63) is 62.4 Å². The molecule has 9 heteroatoms.